The van der Waals surface area contributed by atoms with Crippen LogP contribution in [0.1, 0.15) is 65.4 Å². The number of hydrogen-bond donors (Lipinski definition) is 2. The second-order valence-electron chi connectivity index (χ2n) is 10.4. The highest BCUT2D eigenvalue weighted by Crippen LogP contribution is 2.39. The largest absolute Gasteiger partial charge is 0.490 e. The topological polar surface area (TPSA) is 143 Å². The zero-order chi connectivity index (χ0) is 34.6. The summed E-state index contributed by atoms with van der Waals surface area (Å²) in [6.45, 7) is 12.8. The van der Waals surface area contributed by atoms with Gasteiger partial charge in [0.2, 0.25) is 11.7 Å². The van der Waals surface area contributed by atoms with Gasteiger partial charge in [-0.2, -0.15) is 0 Å². The van der Waals surface area contributed by atoms with E-state index >= 15 is 0 Å². The first kappa shape index (κ1) is 35.8. The second kappa shape index (κ2) is 17.2. The minimum Gasteiger partial charge on any atom is -0.490 e. The third kappa shape index (κ3) is 9.06. The lowest BCUT2D eigenvalue weighted by molar-refractivity contribution is -0.113. The molecule has 1 heterocycles. The minimum atomic E-state index is -0.422. The van der Waals surface area contributed by atoms with Crippen molar-refractivity contribution >= 4 is 35.2 Å². The Hall–Kier alpha value is -5.04. The molecule has 3 aromatic carbocycles. The molecule has 0 radical (unpaired) electrons. The molecule has 0 aliphatic rings. The molecule has 12 nitrogen and oxygen atoms in total. The summed E-state index contributed by atoms with van der Waals surface area (Å²) in [6, 6.07) is 15.8. The van der Waals surface area contributed by atoms with Crippen LogP contribution >= 0.6 is 11.8 Å². The van der Waals surface area contributed by atoms with E-state index in [-0.39, 0.29) is 30.7 Å². The number of ether oxygens (including phenoxy) is 4. The maximum atomic E-state index is 13.5. The molecule has 0 bridgehead atoms. The molecular formula is C35H41N5O7S. The number of carbonyl (C=O) groups excluding carboxylic acids is 3. The standard InChI is InChI=1S/C35H41N5O7S/c1-7-44-28-18-25(19-29(45-8-2)32(28)46-9-3)33(42)36-20-30-38-39-35(40(30)27-17-22(5)11-12-23(27)6)48-21-31(41)37-26-15-13-24(14-16-26)34(43)47-10-4/h11-19H,7-10,20-21H2,1-6H3,(H,36,42)(H,37,41). The van der Waals surface area contributed by atoms with Crippen LogP contribution in [-0.4, -0.2) is 64.7 Å². The van der Waals surface area contributed by atoms with Crippen molar-refractivity contribution in [2.24, 2.45) is 0 Å². The summed E-state index contributed by atoms with van der Waals surface area (Å²) in [5.41, 5.74) is 4.11. The van der Waals surface area contributed by atoms with Crippen LogP contribution in [0.3, 0.4) is 0 Å². The molecule has 2 N–H and O–H groups in total. The summed E-state index contributed by atoms with van der Waals surface area (Å²) in [5, 5.41) is 15.1. The van der Waals surface area contributed by atoms with Gasteiger partial charge in [-0.25, -0.2) is 4.79 Å². The molecule has 1 aromatic heterocycles. The second-order valence-corrected chi connectivity index (χ2v) is 11.4. The van der Waals surface area contributed by atoms with Crippen LogP contribution in [0.4, 0.5) is 5.69 Å². The van der Waals surface area contributed by atoms with E-state index in [4.69, 9.17) is 18.9 Å². The van der Waals surface area contributed by atoms with E-state index in [9.17, 15) is 14.4 Å². The molecule has 0 fully saturated rings. The van der Waals surface area contributed by atoms with E-state index in [1.54, 1.807) is 43.3 Å². The van der Waals surface area contributed by atoms with Gasteiger partial charge in [-0.15, -0.1) is 10.2 Å². The van der Waals surface area contributed by atoms with Crippen LogP contribution in [0.25, 0.3) is 5.69 Å². The number of carbonyl (C=O) groups is 3. The van der Waals surface area contributed by atoms with E-state index in [1.807, 2.05) is 57.4 Å². The van der Waals surface area contributed by atoms with Crippen LogP contribution in [0.2, 0.25) is 0 Å². The lowest BCUT2D eigenvalue weighted by Crippen LogP contribution is -2.25. The third-order valence-electron chi connectivity index (χ3n) is 6.90. The lowest BCUT2D eigenvalue weighted by Gasteiger charge is -2.17. The zero-order valence-corrected chi connectivity index (χ0v) is 28.9. The molecule has 48 heavy (non-hydrogen) atoms. The first-order valence-electron chi connectivity index (χ1n) is 15.7. The van der Waals surface area contributed by atoms with Gasteiger partial charge < -0.3 is 29.6 Å². The predicted molar refractivity (Wildman–Crippen MR) is 184 cm³/mol. The smallest absolute Gasteiger partial charge is 0.338 e. The average Bonchev–Trinajstić information content (AvgIpc) is 3.48. The first-order valence-corrected chi connectivity index (χ1v) is 16.7. The van der Waals surface area contributed by atoms with Gasteiger partial charge in [0.1, 0.15) is 0 Å². The molecule has 0 unspecified atom stereocenters. The van der Waals surface area contributed by atoms with Crippen molar-refractivity contribution < 1.29 is 33.3 Å². The quantitative estimate of drug-likeness (QED) is 0.109. The number of aromatic nitrogens is 3. The number of amides is 2. The van der Waals surface area contributed by atoms with Gasteiger partial charge in [0, 0.05) is 11.3 Å². The average molecular weight is 676 g/mol. The Bertz CT molecular complexity index is 1710. The maximum Gasteiger partial charge on any atom is 0.338 e. The molecular weight excluding hydrogens is 634 g/mol. The fraction of sp³-hybridized carbons (Fsp3) is 0.343. The van der Waals surface area contributed by atoms with Crippen molar-refractivity contribution in [3.05, 3.63) is 82.7 Å². The van der Waals surface area contributed by atoms with Crippen molar-refractivity contribution in [3.63, 3.8) is 0 Å². The van der Waals surface area contributed by atoms with Crippen molar-refractivity contribution in [3.8, 4) is 22.9 Å². The summed E-state index contributed by atoms with van der Waals surface area (Å²) in [6.07, 6.45) is 0. The number of esters is 1. The van der Waals surface area contributed by atoms with Crippen molar-refractivity contribution in [2.75, 3.05) is 37.5 Å². The number of anilines is 1. The Morgan fingerprint density at radius 1 is 0.792 bits per heavy atom. The van der Waals surface area contributed by atoms with Crippen LogP contribution in [0.15, 0.2) is 59.8 Å². The highest BCUT2D eigenvalue weighted by Gasteiger charge is 2.21. The number of hydrogen-bond acceptors (Lipinski definition) is 10. The highest BCUT2D eigenvalue weighted by molar-refractivity contribution is 7.99. The summed E-state index contributed by atoms with van der Waals surface area (Å²) in [4.78, 5) is 38.3. The molecule has 2 amide bonds. The minimum absolute atomic E-state index is 0.0432. The monoisotopic (exact) mass is 675 g/mol. The molecule has 0 saturated carbocycles. The van der Waals surface area contributed by atoms with Gasteiger partial charge >= 0.3 is 5.97 Å². The Morgan fingerprint density at radius 2 is 1.46 bits per heavy atom. The molecule has 0 atom stereocenters. The predicted octanol–water partition coefficient (Wildman–Crippen LogP) is 5.92. The SMILES string of the molecule is CCOC(=O)c1ccc(NC(=O)CSc2nnc(CNC(=O)c3cc(OCC)c(OCC)c(OCC)c3)n2-c2cc(C)ccc2C)cc1. The van der Waals surface area contributed by atoms with E-state index in [0.717, 1.165) is 16.8 Å². The van der Waals surface area contributed by atoms with Gasteiger partial charge in [-0.1, -0.05) is 23.9 Å². The number of nitrogens with zero attached hydrogens (tertiary/aromatic N) is 3. The first-order chi connectivity index (χ1) is 23.2. The van der Waals surface area contributed by atoms with Gasteiger partial charge in [-0.3, -0.25) is 14.2 Å². The van der Waals surface area contributed by atoms with Crippen molar-refractivity contribution in [1.82, 2.24) is 20.1 Å². The molecule has 4 rings (SSSR count). The van der Waals surface area contributed by atoms with Gasteiger partial charge in [0.05, 0.1) is 50.0 Å². The molecule has 13 heteroatoms. The number of rotatable bonds is 16. The fourth-order valence-corrected chi connectivity index (χ4v) is 5.49. The molecule has 0 spiro atoms. The van der Waals surface area contributed by atoms with Gasteiger partial charge in [-0.05, 0) is 95.1 Å². The van der Waals surface area contributed by atoms with Gasteiger partial charge in [0.25, 0.3) is 5.91 Å². The maximum absolute atomic E-state index is 13.5. The Balaban J connectivity index is 1.54. The van der Waals surface area contributed by atoms with E-state index in [1.165, 1.54) is 11.8 Å². The van der Waals surface area contributed by atoms with Crippen molar-refractivity contribution in [1.29, 1.82) is 0 Å². The number of nitrogens with one attached hydrogen (secondary N) is 2. The van der Waals surface area contributed by atoms with Crippen molar-refractivity contribution in [2.45, 2.75) is 53.2 Å². The third-order valence-corrected chi connectivity index (χ3v) is 7.83. The summed E-state index contributed by atoms with van der Waals surface area (Å²) < 4.78 is 24.2. The summed E-state index contributed by atoms with van der Waals surface area (Å²) >= 11 is 1.21. The van der Waals surface area contributed by atoms with E-state index in [0.29, 0.717) is 64.9 Å². The van der Waals surface area contributed by atoms with Crippen LogP contribution in [-0.2, 0) is 16.1 Å². The Labute approximate surface area is 284 Å². The molecule has 0 saturated heterocycles. The van der Waals surface area contributed by atoms with E-state index < -0.39 is 5.97 Å². The molecule has 254 valence electrons. The van der Waals surface area contributed by atoms with Crippen LogP contribution < -0.4 is 24.8 Å². The Morgan fingerprint density at radius 3 is 2.08 bits per heavy atom. The Kier molecular flexibility index (Phi) is 12.8. The number of thioether (sulfide) groups is 1. The molecule has 4 aromatic rings. The van der Waals surface area contributed by atoms with Crippen LogP contribution in [0.5, 0.6) is 17.2 Å². The van der Waals surface area contributed by atoms with Crippen LogP contribution in [0, 0.1) is 13.8 Å². The molecule has 0 aliphatic carbocycles. The number of aryl methyl sites for hydroxylation is 2. The fourth-order valence-electron chi connectivity index (χ4n) is 4.72. The lowest BCUT2D eigenvalue weighted by atomic mass is 10.1. The summed E-state index contributed by atoms with van der Waals surface area (Å²) in [5.74, 6) is 0.762. The highest BCUT2D eigenvalue weighted by atomic mass is 32.2. The normalized spacial score (nSPS) is 10.7. The van der Waals surface area contributed by atoms with E-state index in [2.05, 4.69) is 20.8 Å². The van der Waals surface area contributed by atoms with Gasteiger partial charge in [0.15, 0.2) is 22.5 Å². The number of benzene rings is 3. The summed E-state index contributed by atoms with van der Waals surface area (Å²) in [7, 11) is 0. The molecule has 0 aliphatic heterocycles. The zero-order valence-electron chi connectivity index (χ0n) is 28.0.